The molecule has 0 spiro atoms. The highest BCUT2D eigenvalue weighted by Crippen LogP contribution is 2.27. The molecule has 9 heteroatoms. The van der Waals surface area contributed by atoms with Crippen LogP contribution in [-0.2, 0) is 26.1 Å². The minimum Gasteiger partial charge on any atom is -0.493 e. The second kappa shape index (κ2) is 9.60. The number of ether oxygens (including phenoxy) is 2. The van der Waals surface area contributed by atoms with Crippen LogP contribution in [0.25, 0.3) is 0 Å². The van der Waals surface area contributed by atoms with Gasteiger partial charge in [0.1, 0.15) is 5.82 Å². The van der Waals surface area contributed by atoms with Crippen LogP contribution in [0, 0.1) is 0 Å². The molecule has 1 aromatic heterocycles. The van der Waals surface area contributed by atoms with E-state index in [-0.39, 0.29) is 24.0 Å². The SMILES string of the molecule is CN=C(NCc1ccc(OC)c(OC)c1)NCc1nnc2n1CCC2.I. The summed E-state index contributed by atoms with van der Waals surface area (Å²) < 4.78 is 12.8. The lowest BCUT2D eigenvalue weighted by Crippen LogP contribution is -2.37. The molecule has 142 valence electrons. The van der Waals surface area contributed by atoms with E-state index in [2.05, 4.69) is 30.4 Å². The van der Waals surface area contributed by atoms with Gasteiger partial charge < -0.3 is 24.7 Å². The quantitative estimate of drug-likeness (QED) is 0.379. The molecule has 0 unspecified atom stereocenters. The van der Waals surface area contributed by atoms with Crippen LogP contribution in [0.1, 0.15) is 23.6 Å². The number of methoxy groups -OCH3 is 2. The molecule has 3 rings (SSSR count). The van der Waals surface area contributed by atoms with Gasteiger partial charge in [-0.1, -0.05) is 6.07 Å². The smallest absolute Gasteiger partial charge is 0.191 e. The number of aryl methyl sites for hydroxylation is 1. The van der Waals surface area contributed by atoms with E-state index in [0.29, 0.717) is 24.8 Å². The summed E-state index contributed by atoms with van der Waals surface area (Å²) in [5.74, 6) is 4.16. The lowest BCUT2D eigenvalue weighted by Gasteiger charge is -2.13. The summed E-state index contributed by atoms with van der Waals surface area (Å²) in [6, 6.07) is 5.84. The summed E-state index contributed by atoms with van der Waals surface area (Å²) in [5.41, 5.74) is 1.07. The van der Waals surface area contributed by atoms with Gasteiger partial charge in [0.15, 0.2) is 23.3 Å². The van der Waals surface area contributed by atoms with Crippen LogP contribution in [0.3, 0.4) is 0 Å². The molecule has 0 saturated heterocycles. The van der Waals surface area contributed by atoms with Gasteiger partial charge in [0.25, 0.3) is 0 Å². The van der Waals surface area contributed by atoms with Crippen molar-refractivity contribution in [2.45, 2.75) is 32.5 Å². The summed E-state index contributed by atoms with van der Waals surface area (Å²) in [6.07, 6.45) is 2.16. The van der Waals surface area contributed by atoms with E-state index >= 15 is 0 Å². The van der Waals surface area contributed by atoms with Gasteiger partial charge in [-0.15, -0.1) is 34.2 Å². The molecule has 0 atom stereocenters. The maximum Gasteiger partial charge on any atom is 0.191 e. The maximum atomic E-state index is 5.33. The van der Waals surface area contributed by atoms with E-state index in [9.17, 15) is 0 Å². The fourth-order valence-electron chi connectivity index (χ4n) is 2.90. The summed E-state index contributed by atoms with van der Waals surface area (Å²) in [7, 11) is 5.01. The van der Waals surface area contributed by atoms with E-state index in [1.54, 1.807) is 21.3 Å². The number of aromatic nitrogens is 3. The zero-order valence-electron chi connectivity index (χ0n) is 15.3. The highest BCUT2D eigenvalue weighted by Gasteiger charge is 2.17. The summed E-state index contributed by atoms with van der Waals surface area (Å²) >= 11 is 0. The van der Waals surface area contributed by atoms with Crippen LogP contribution in [-0.4, -0.2) is 42.0 Å². The van der Waals surface area contributed by atoms with Gasteiger partial charge >= 0.3 is 0 Å². The average molecular weight is 472 g/mol. The molecule has 2 aromatic rings. The van der Waals surface area contributed by atoms with Gasteiger partial charge in [0.2, 0.25) is 0 Å². The predicted octanol–water partition coefficient (Wildman–Crippen LogP) is 1.72. The van der Waals surface area contributed by atoms with Crippen LogP contribution >= 0.6 is 24.0 Å². The molecule has 0 fully saturated rings. The number of hydrogen-bond acceptors (Lipinski definition) is 5. The van der Waals surface area contributed by atoms with Crippen molar-refractivity contribution in [3.63, 3.8) is 0 Å². The zero-order chi connectivity index (χ0) is 17.6. The molecule has 1 aromatic carbocycles. The van der Waals surface area contributed by atoms with Crippen molar-refractivity contribution < 1.29 is 9.47 Å². The zero-order valence-corrected chi connectivity index (χ0v) is 17.6. The lowest BCUT2D eigenvalue weighted by atomic mass is 10.2. The van der Waals surface area contributed by atoms with E-state index in [4.69, 9.17) is 9.47 Å². The highest BCUT2D eigenvalue weighted by molar-refractivity contribution is 14.0. The first-order valence-corrected chi connectivity index (χ1v) is 8.31. The Kier molecular flexibility index (Phi) is 7.49. The number of rotatable bonds is 6. The lowest BCUT2D eigenvalue weighted by molar-refractivity contribution is 0.354. The Bertz CT molecular complexity index is 762. The maximum absolute atomic E-state index is 5.33. The molecule has 0 radical (unpaired) electrons. The number of nitrogens with zero attached hydrogens (tertiary/aromatic N) is 4. The summed E-state index contributed by atoms with van der Waals surface area (Å²) in [4.78, 5) is 4.25. The first-order valence-electron chi connectivity index (χ1n) is 8.31. The molecular formula is C17H25IN6O2. The molecular weight excluding hydrogens is 447 g/mol. The average Bonchev–Trinajstić information content (AvgIpc) is 3.26. The van der Waals surface area contributed by atoms with Crippen molar-refractivity contribution in [3.8, 4) is 11.5 Å². The van der Waals surface area contributed by atoms with E-state index in [1.807, 2.05) is 18.2 Å². The molecule has 2 heterocycles. The van der Waals surface area contributed by atoms with Gasteiger partial charge in [0, 0.05) is 26.6 Å². The first kappa shape index (κ1) is 20.3. The monoisotopic (exact) mass is 472 g/mol. The third kappa shape index (κ3) is 4.57. The van der Waals surface area contributed by atoms with E-state index in [1.165, 1.54) is 0 Å². The Labute approximate surface area is 170 Å². The van der Waals surface area contributed by atoms with Crippen LogP contribution in [0.5, 0.6) is 11.5 Å². The Morgan fingerprint density at radius 1 is 1.15 bits per heavy atom. The Hall–Kier alpha value is -2.04. The second-order valence-electron chi connectivity index (χ2n) is 5.76. The predicted molar refractivity (Wildman–Crippen MR) is 110 cm³/mol. The van der Waals surface area contributed by atoms with Crippen molar-refractivity contribution in [1.29, 1.82) is 0 Å². The van der Waals surface area contributed by atoms with E-state index < -0.39 is 0 Å². The molecule has 0 bridgehead atoms. The molecule has 0 saturated carbocycles. The van der Waals surface area contributed by atoms with Crippen LogP contribution < -0.4 is 20.1 Å². The van der Waals surface area contributed by atoms with Crippen molar-refractivity contribution in [3.05, 3.63) is 35.4 Å². The van der Waals surface area contributed by atoms with Gasteiger partial charge in [-0.25, -0.2) is 0 Å². The highest BCUT2D eigenvalue weighted by atomic mass is 127. The van der Waals surface area contributed by atoms with Gasteiger partial charge in [0.05, 0.1) is 20.8 Å². The largest absolute Gasteiger partial charge is 0.493 e. The fraction of sp³-hybridized carbons (Fsp3) is 0.471. The van der Waals surface area contributed by atoms with Crippen molar-refractivity contribution in [2.24, 2.45) is 4.99 Å². The Morgan fingerprint density at radius 3 is 2.65 bits per heavy atom. The molecule has 2 N–H and O–H groups in total. The topological polar surface area (TPSA) is 85.6 Å². The Balaban J connectivity index is 0.00000243. The van der Waals surface area contributed by atoms with E-state index in [0.717, 1.165) is 42.3 Å². The van der Waals surface area contributed by atoms with Crippen LogP contribution in [0.4, 0.5) is 0 Å². The fourth-order valence-corrected chi connectivity index (χ4v) is 2.90. The number of aliphatic imine (C=N–C) groups is 1. The van der Waals surface area contributed by atoms with Crippen LogP contribution in [0.2, 0.25) is 0 Å². The third-order valence-corrected chi connectivity index (χ3v) is 4.23. The summed E-state index contributed by atoms with van der Waals surface area (Å²) in [5, 5.41) is 15.0. The number of nitrogens with one attached hydrogen (secondary N) is 2. The molecule has 0 aliphatic carbocycles. The van der Waals surface area contributed by atoms with Gasteiger partial charge in [-0.05, 0) is 24.1 Å². The first-order chi connectivity index (χ1) is 12.2. The molecule has 1 aliphatic heterocycles. The number of halogens is 1. The van der Waals surface area contributed by atoms with Crippen molar-refractivity contribution >= 4 is 29.9 Å². The molecule has 26 heavy (non-hydrogen) atoms. The number of guanidine groups is 1. The third-order valence-electron chi connectivity index (χ3n) is 4.23. The normalized spacial score (nSPS) is 13.0. The number of fused-ring (bicyclic) bond motifs is 1. The number of benzene rings is 1. The van der Waals surface area contributed by atoms with Crippen molar-refractivity contribution in [2.75, 3.05) is 21.3 Å². The minimum atomic E-state index is 0. The Morgan fingerprint density at radius 2 is 1.92 bits per heavy atom. The standard InChI is InChI=1S/C17H24N6O2.HI/c1-18-17(20-11-16-22-21-15-5-4-8-23(15)16)19-10-12-6-7-13(24-2)14(9-12)25-3;/h6-7,9H,4-5,8,10-11H2,1-3H3,(H2,18,19,20);1H. The van der Waals surface area contributed by atoms with Gasteiger partial charge in [-0.2, -0.15) is 0 Å². The molecule has 8 nitrogen and oxygen atoms in total. The molecule has 0 amide bonds. The van der Waals surface area contributed by atoms with Crippen molar-refractivity contribution in [1.82, 2.24) is 25.4 Å². The summed E-state index contributed by atoms with van der Waals surface area (Å²) in [6.45, 7) is 2.22. The minimum absolute atomic E-state index is 0. The van der Waals surface area contributed by atoms with Gasteiger partial charge in [-0.3, -0.25) is 4.99 Å². The second-order valence-corrected chi connectivity index (χ2v) is 5.76. The molecule has 1 aliphatic rings. The number of hydrogen-bond donors (Lipinski definition) is 2. The van der Waals surface area contributed by atoms with Crippen LogP contribution in [0.15, 0.2) is 23.2 Å².